The van der Waals surface area contributed by atoms with Crippen molar-refractivity contribution in [2.24, 2.45) is 0 Å². The van der Waals surface area contributed by atoms with E-state index in [2.05, 4.69) is 280 Å². The lowest BCUT2D eigenvalue weighted by atomic mass is 9.67. The highest BCUT2D eigenvalue weighted by Gasteiger charge is 2.47. The average molecular weight is 916 g/mol. The summed E-state index contributed by atoms with van der Waals surface area (Å²) in [5.74, 6) is 0. The Balaban J connectivity index is 1.04. The van der Waals surface area contributed by atoms with Crippen LogP contribution in [0.15, 0.2) is 261 Å². The minimum atomic E-state index is -0.500. The van der Waals surface area contributed by atoms with Crippen molar-refractivity contribution in [1.82, 2.24) is 0 Å². The minimum absolute atomic E-state index is 0.500. The van der Waals surface area contributed by atoms with Gasteiger partial charge in [-0.15, -0.1) is 0 Å². The first-order chi connectivity index (χ1) is 35.6. The lowest BCUT2D eigenvalue weighted by Gasteiger charge is -2.34. The average Bonchev–Trinajstić information content (AvgIpc) is 3.76. The molecule has 14 rings (SSSR count). The Bertz CT molecular complexity index is 4120. The van der Waals surface area contributed by atoms with E-state index in [0.717, 1.165) is 17.1 Å². The maximum atomic E-state index is 2.52. The van der Waals surface area contributed by atoms with Crippen LogP contribution in [0.3, 0.4) is 0 Å². The van der Waals surface area contributed by atoms with E-state index in [9.17, 15) is 0 Å². The van der Waals surface area contributed by atoms with Gasteiger partial charge in [0.1, 0.15) is 0 Å². The number of hydrogen-bond donors (Lipinski definition) is 0. The molecular weight excluding hydrogens is 867 g/mol. The van der Waals surface area contributed by atoms with Crippen molar-refractivity contribution < 1.29 is 0 Å². The van der Waals surface area contributed by atoms with Gasteiger partial charge in [0.05, 0.1) is 22.5 Å². The molecule has 0 radical (unpaired) electrons. The van der Waals surface area contributed by atoms with Gasteiger partial charge >= 0.3 is 0 Å². The van der Waals surface area contributed by atoms with E-state index in [1.807, 2.05) is 0 Å². The molecule has 0 N–H and O–H groups in total. The summed E-state index contributed by atoms with van der Waals surface area (Å²) in [5, 5.41) is 12.3. The summed E-state index contributed by atoms with van der Waals surface area (Å²) in [6, 6.07) is 97.5. The summed E-state index contributed by atoms with van der Waals surface area (Å²) < 4.78 is 0. The molecule has 0 fully saturated rings. The first-order valence-electron chi connectivity index (χ1n) is 25.2. The Kier molecular flexibility index (Phi) is 9.63. The normalized spacial score (nSPS) is 12.7. The van der Waals surface area contributed by atoms with Gasteiger partial charge in [-0.3, -0.25) is 0 Å². The van der Waals surface area contributed by atoms with Gasteiger partial charge in [0.15, 0.2) is 0 Å². The van der Waals surface area contributed by atoms with E-state index in [0.29, 0.717) is 0 Å². The summed E-state index contributed by atoms with van der Waals surface area (Å²) in [6.07, 6.45) is 0. The molecule has 0 heterocycles. The van der Waals surface area contributed by atoms with Crippen molar-refractivity contribution in [3.63, 3.8) is 0 Å². The lowest BCUT2D eigenvalue weighted by molar-refractivity contribution is 0.768. The number of aryl methyl sites for hydroxylation is 2. The van der Waals surface area contributed by atoms with Crippen molar-refractivity contribution >= 4 is 70.9 Å². The Morgan fingerprint density at radius 2 is 0.597 bits per heavy atom. The van der Waals surface area contributed by atoms with Crippen molar-refractivity contribution in [3.8, 4) is 33.4 Å². The van der Waals surface area contributed by atoms with Crippen molar-refractivity contribution in [2.45, 2.75) is 19.3 Å². The molecule has 338 valence electrons. The standard InChI is InChI=1S/C71H49N/c1-46-40-43-65(53-29-12-9-26-50(46)53)72(66-44-41-47(2)51-27-10-13-30-54(51)66)67-45-42-60(52-28-11-14-31-55(52)67)68-56-32-15-17-34-58(56)69(59-35-18-16-33-57(59)68)62-37-21-39-64-70(62)61-36-19-20-38-63(61)71(64,48-22-5-3-6-23-48)49-24-7-4-8-25-49/h3-45H,1-2H3. The topological polar surface area (TPSA) is 3.24 Å². The van der Waals surface area contributed by atoms with Gasteiger partial charge in [0.2, 0.25) is 0 Å². The highest BCUT2D eigenvalue weighted by Crippen LogP contribution is 2.60. The molecule has 0 unspecified atom stereocenters. The van der Waals surface area contributed by atoms with E-state index in [1.165, 1.54) is 121 Å². The van der Waals surface area contributed by atoms with Crippen molar-refractivity contribution in [1.29, 1.82) is 0 Å². The lowest BCUT2D eigenvalue weighted by Crippen LogP contribution is -2.28. The molecule has 1 aliphatic rings. The number of anilines is 3. The number of fused-ring (bicyclic) bond motifs is 8. The molecule has 0 saturated heterocycles. The van der Waals surface area contributed by atoms with E-state index in [-0.39, 0.29) is 0 Å². The monoisotopic (exact) mass is 915 g/mol. The summed E-state index contributed by atoms with van der Waals surface area (Å²) in [4.78, 5) is 2.52. The third-order valence-corrected chi connectivity index (χ3v) is 15.8. The highest BCUT2D eigenvalue weighted by atomic mass is 15.1. The molecule has 13 aromatic carbocycles. The van der Waals surface area contributed by atoms with Crippen LogP contribution in [-0.2, 0) is 5.41 Å². The molecule has 0 amide bonds. The predicted octanol–water partition coefficient (Wildman–Crippen LogP) is 19.2. The summed E-state index contributed by atoms with van der Waals surface area (Å²) in [5.41, 5.74) is 18.2. The predicted molar refractivity (Wildman–Crippen MR) is 306 cm³/mol. The number of benzene rings is 13. The van der Waals surface area contributed by atoms with E-state index in [1.54, 1.807) is 0 Å². The molecule has 1 heteroatoms. The third-order valence-electron chi connectivity index (χ3n) is 15.8. The van der Waals surface area contributed by atoms with Gasteiger partial charge in [0.25, 0.3) is 0 Å². The van der Waals surface area contributed by atoms with E-state index < -0.39 is 5.41 Å². The fraction of sp³-hybridized carbons (Fsp3) is 0.0423. The van der Waals surface area contributed by atoms with Crippen LogP contribution in [-0.4, -0.2) is 0 Å². The molecule has 0 bridgehead atoms. The Hall–Kier alpha value is -9.04. The zero-order valence-corrected chi connectivity index (χ0v) is 40.3. The molecule has 0 aromatic heterocycles. The van der Waals surface area contributed by atoms with Gasteiger partial charge in [0, 0.05) is 16.2 Å². The van der Waals surface area contributed by atoms with Gasteiger partial charge in [-0.25, -0.2) is 0 Å². The summed E-state index contributed by atoms with van der Waals surface area (Å²) in [6.45, 7) is 4.43. The molecule has 1 aliphatic carbocycles. The second-order valence-electron chi connectivity index (χ2n) is 19.5. The van der Waals surface area contributed by atoms with Crippen LogP contribution in [0.25, 0.3) is 87.2 Å². The van der Waals surface area contributed by atoms with E-state index in [4.69, 9.17) is 0 Å². The van der Waals surface area contributed by atoms with Crippen LogP contribution in [0.4, 0.5) is 17.1 Å². The van der Waals surface area contributed by atoms with Crippen molar-refractivity contribution in [3.05, 3.63) is 294 Å². The molecule has 0 atom stereocenters. The molecule has 1 nitrogen and oxygen atoms in total. The number of rotatable bonds is 7. The fourth-order valence-corrected chi connectivity index (χ4v) is 12.8. The minimum Gasteiger partial charge on any atom is -0.309 e. The zero-order chi connectivity index (χ0) is 47.9. The largest absolute Gasteiger partial charge is 0.309 e. The number of nitrogens with zero attached hydrogens (tertiary/aromatic N) is 1. The SMILES string of the molecule is Cc1ccc(N(c2ccc(C)c3ccccc23)c2ccc(-c3c4ccccc4c(-c4cccc5c4-c4ccccc4C5(c4ccccc4)c4ccccc4)c4ccccc34)c3ccccc23)c2ccccc12. The molecule has 0 spiro atoms. The quantitative estimate of drug-likeness (QED) is 0.144. The maximum absolute atomic E-state index is 2.52. The second kappa shape index (κ2) is 16.5. The molecule has 0 saturated carbocycles. The van der Waals surface area contributed by atoms with Crippen LogP contribution in [0, 0.1) is 13.8 Å². The Labute approximate surface area is 420 Å². The van der Waals surface area contributed by atoms with Gasteiger partial charge in [-0.1, -0.05) is 243 Å². The Morgan fingerprint density at radius 3 is 1.11 bits per heavy atom. The first kappa shape index (κ1) is 41.9. The highest BCUT2D eigenvalue weighted by molar-refractivity contribution is 6.25. The molecule has 0 aliphatic heterocycles. The summed E-state index contributed by atoms with van der Waals surface area (Å²) >= 11 is 0. The van der Waals surface area contributed by atoms with Crippen LogP contribution in [0.5, 0.6) is 0 Å². The molecular formula is C71H49N. The molecule has 72 heavy (non-hydrogen) atoms. The first-order valence-corrected chi connectivity index (χ1v) is 25.2. The summed E-state index contributed by atoms with van der Waals surface area (Å²) in [7, 11) is 0. The van der Waals surface area contributed by atoms with Gasteiger partial charge in [-0.05, 0) is 137 Å². The fourth-order valence-electron chi connectivity index (χ4n) is 12.8. The van der Waals surface area contributed by atoms with Gasteiger partial charge < -0.3 is 4.90 Å². The van der Waals surface area contributed by atoms with Crippen LogP contribution < -0.4 is 4.90 Å². The van der Waals surface area contributed by atoms with Crippen molar-refractivity contribution in [2.75, 3.05) is 4.90 Å². The van der Waals surface area contributed by atoms with Gasteiger partial charge in [-0.2, -0.15) is 0 Å². The zero-order valence-electron chi connectivity index (χ0n) is 40.3. The number of hydrogen-bond acceptors (Lipinski definition) is 1. The maximum Gasteiger partial charge on any atom is 0.0713 e. The van der Waals surface area contributed by atoms with E-state index >= 15 is 0 Å². The van der Waals surface area contributed by atoms with Crippen LogP contribution in [0.2, 0.25) is 0 Å². The molecule has 13 aromatic rings. The van der Waals surface area contributed by atoms with Crippen LogP contribution >= 0.6 is 0 Å². The second-order valence-corrected chi connectivity index (χ2v) is 19.5. The Morgan fingerprint density at radius 1 is 0.236 bits per heavy atom. The van der Waals surface area contributed by atoms with Crippen LogP contribution in [0.1, 0.15) is 33.4 Å². The third kappa shape index (κ3) is 6.07. The smallest absolute Gasteiger partial charge is 0.0713 e.